The Bertz CT molecular complexity index is 430. The van der Waals surface area contributed by atoms with Gasteiger partial charge in [-0.3, -0.25) is 14.8 Å². The van der Waals surface area contributed by atoms with Gasteiger partial charge in [0, 0.05) is 44.3 Å². The van der Waals surface area contributed by atoms with E-state index in [0.717, 1.165) is 38.2 Å². The topological polar surface area (TPSA) is 58.2 Å². The van der Waals surface area contributed by atoms with Gasteiger partial charge in [0.15, 0.2) is 5.82 Å². The van der Waals surface area contributed by atoms with E-state index in [9.17, 15) is 4.79 Å². The first-order valence-corrected chi connectivity index (χ1v) is 7.68. The summed E-state index contributed by atoms with van der Waals surface area (Å²) in [5, 5.41) is 7.26. The summed E-state index contributed by atoms with van der Waals surface area (Å²) >= 11 is 5.61. The first kappa shape index (κ1) is 15.3. The number of carbonyl (C=O) groups excluding carboxylic acids is 1. The SMILES string of the molecule is CN(C(=O)CCCCl)c1cc(CC2CCOCC2)[nH]n1. The van der Waals surface area contributed by atoms with E-state index >= 15 is 0 Å². The van der Waals surface area contributed by atoms with E-state index in [-0.39, 0.29) is 5.91 Å². The number of H-pyrrole nitrogens is 1. The van der Waals surface area contributed by atoms with Gasteiger partial charge in [-0.1, -0.05) is 0 Å². The number of anilines is 1. The van der Waals surface area contributed by atoms with Gasteiger partial charge in [0.2, 0.25) is 5.91 Å². The molecule has 1 amide bonds. The number of aromatic nitrogens is 2. The van der Waals surface area contributed by atoms with E-state index in [0.29, 0.717) is 30.5 Å². The van der Waals surface area contributed by atoms with Gasteiger partial charge in [-0.05, 0) is 31.6 Å². The normalized spacial score (nSPS) is 16.3. The number of halogens is 1. The molecule has 1 fully saturated rings. The molecule has 1 aliphatic heterocycles. The fraction of sp³-hybridized carbons (Fsp3) is 0.714. The quantitative estimate of drug-likeness (QED) is 0.820. The summed E-state index contributed by atoms with van der Waals surface area (Å²) in [5.74, 6) is 1.89. The number of ether oxygens (including phenoxy) is 1. The highest BCUT2D eigenvalue weighted by molar-refractivity contribution is 6.18. The second-order valence-corrected chi connectivity index (χ2v) is 5.63. The standard InChI is InChI=1S/C14H22ClN3O2/c1-18(14(19)3-2-6-15)13-10-12(16-17-13)9-11-4-7-20-8-5-11/h10-11H,2-9H2,1H3,(H,16,17). The largest absolute Gasteiger partial charge is 0.381 e. The Hall–Kier alpha value is -1.07. The van der Waals surface area contributed by atoms with Crippen molar-refractivity contribution < 1.29 is 9.53 Å². The molecule has 20 heavy (non-hydrogen) atoms. The van der Waals surface area contributed by atoms with Crippen LogP contribution in [0.5, 0.6) is 0 Å². The zero-order valence-corrected chi connectivity index (χ0v) is 12.7. The smallest absolute Gasteiger partial charge is 0.227 e. The lowest BCUT2D eigenvalue weighted by Crippen LogP contribution is -2.26. The molecule has 6 heteroatoms. The maximum absolute atomic E-state index is 11.9. The van der Waals surface area contributed by atoms with E-state index < -0.39 is 0 Å². The number of carbonyl (C=O) groups is 1. The van der Waals surface area contributed by atoms with Crippen LogP contribution < -0.4 is 4.90 Å². The van der Waals surface area contributed by atoms with Crippen LogP contribution >= 0.6 is 11.6 Å². The molecule has 1 aromatic rings. The molecule has 0 radical (unpaired) electrons. The lowest BCUT2D eigenvalue weighted by Gasteiger charge is -2.21. The molecule has 0 unspecified atom stereocenters. The van der Waals surface area contributed by atoms with Crippen molar-refractivity contribution >= 4 is 23.3 Å². The highest BCUT2D eigenvalue weighted by atomic mass is 35.5. The maximum Gasteiger partial charge on any atom is 0.227 e. The first-order valence-electron chi connectivity index (χ1n) is 7.15. The Labute approximate surface area is 124 Å². The van der Waals surface area contributed by atoms with Gasteiger partial charge < -0.3 is 4.74 Å². The van der Waals surface area contributed by atoms with Crippen molar-refractivity contribution in [2.24, 2.45) is 5.92 Å². The average Bonchev–Trinajstić information content (AvgIpc) is 2.93. The summed E-state index contributed by atoms with van der Waals surface area (Å²) in [7, 11) is 1.75. The van der Waals surface area contributed by atoms with Crippen LogP contribution in [0.25, 0.3) is 0 Å². The predicted octanol–water partition coefficient (Wildman–Crippen LogP) is 2.36. The molecule has 0 atom stereocenters. The molecule has 0 aliphatic carbocycles. The van der Waals surface area contributed by atoms with E-state index in [1.54, 1.807) is 11.9 Å². The van der Waals surface area contributed by atoms with Crippen LogP contribution in [0.15, 0.2) is 6.07 Å². The molecule has 5 nitrogen and oxygen atoms in total. The van der Waals surface area contributed by atoms with Crippen LogP contribution in [-0.2, 0) is 16.0 Å². The minimum absolute atomic E-state index is 0.0507. The molecule has 1 aliphatic rings. The van der Waals surface area contributed by atoms with Crippen LogP contribution in [0.3, 0.4) is 0 Å². The Balaban J connectivity index is 1.88. The molecule has 0 saturated carbocycles. The minimum Gasteiger partial charge on any atom is -0.381 e. The van der Waals surface area contributed by atoms with Crippen molar-refractivity contribution in [3.8, 4) is 0 Å². The van der Waals surface area contributed by atoms with Crippen molar-refractivity contribution in [3.63, 3.8) is 0 Å². The van der Waals surface area contributed by atoms with Gasteiger partial charge in [0.1, 0.15) is 0 Å². The van der Waals surface area contributed by atoms with Crippen molar-refractivity contribution in [2.75, 3.05) is 31.0 Å². The summed E-state index contributed by atoms with van der Waals surface area (Å²) in [5.41, 5.74) is 1.09. The van der Waals surface area contributed by atoms with Gasteiger partial charge in [-0.25, -0.2) is 0 Å². The molecule has 1 aromatic heterocycles. The molecule has 2 heterocycles. The summed E-state index contributed by atoms with van der Waals surface area (Å²) in [4.78, 5) is 13.5. The Morgan fingerprint density at radius 2 is 2.30 bits per heavy atom. The third-order valence-electron chi connectivity index (χ3n) is 3.71. The highest BCUT2D eigenvalue weighted by Gasteiger charge is 2.17. The van der Waals surface area contributed by atoms with Gasteiger partial charge in [0.05, 0.1) is 0 Å². The summed E-state index contributed by atoms with van der Waals surface area (Å²) in [6, 6.07) is 1.97. The number of aromatic amines is 1. The van der Waals surface area contributed by atoms with Crippen molar-refractivity contribution in [1.82, 2.24) is 10.2 Å². The van der Waals surface area contributed by atoms with E-state index in [2.05, 4.69) is 10.2 Å². The Morgan fingerprint density at radius 3 is 3.00 bits per heavy atom. The van der Waals surface area contributed by atoms with Crippen LogP contribution in [0.1, 0.15) is 31.4 Å². The van der Waals surface area contributed by atoms with Crippen LogP contribution in [0.4, 0.5) is 5.82 Å². The predicted molar refractivity (Wildman–Crippen MR) is 79.2 cm³/mol. The van der Waals surface area contributed by atoms with E-state index in [4.69, 9.17) is 16.3 Å². The average molecular weight is 300 g/mol. The van der Waals surface area contributed by atoms with Gasteiger partial charge in [-0.15, -0.1) is 11.6 Å². The van der Waals surface area contributed by atoms with Gasteiger partial charge in [-0.2, -0.15) is 5.10 Å². The second kappa shape index (κ2) is 7.64. The highest BCUT2D eigenvalue weighted by Crippen LogP contribution is 2.21. The fourth-order valence-corrected chi connectivity index (χ4v) is 2.53. The van der Waals surface area contributed by atoms with Gasteiger partial charge >= 0.3 is 0 Å². The number of rotatable bonds is 6. The number of alkyl halides is 1. The van der Waals surface area contributed by atoms with Crippen LogP contribution in [0.2, 0.25) is 0 Å². The number of nitrogens with one attached hydrogen (secondary N) is 1. The molecule has 112 valence electrons. The van der Waals surface area contributed by atoms with Crippen molar-refractivity contribution in [2.45, 2.75) is 32.1 Å². The van der Waals surface area contributed by atoms with E-state index in [1.165, 1.54) is 0 Å². The molecule has 0 aromatic carbocycles. The molecular weight excluding hydrogens is 278 g/mol. The second-order valence-electron chi connectivity index (χ2n) is 5.26. The molecule has 1 saturated heterocycles. The number of hydrogen-bond donors (Lipinski definition) is 1. The number of hydrogen-bond acceptors (Lipinski definition) is 3. The summed E-state index contributed by atoms with van der Waals surface area (Å²) in [6.07, 6.45) is 4.32. The Morgan fingerprint density at radius 1 is 1.55 bits per heavy atom. The fourth-order valence-electron chi connectivity index (χ4n) is 2.40. The zero-order valence-electron chi connectivity index (χ0n) is 11.9. The maximum atomic E-state index is 11.9. The third-order valence-corrected chi connectivity index (χ3v) is 3.98. The van der Waals surface area contributed by atoms with Crippen LogP contribution in [0, 0.1) is 5.92 Å². The van der Waals surface area contributed by atoms with Crippen molar-refractivity contribution in [1.29, 1.82) is 0 Å². The molecule has 0 spiro atoms. The molecule has 1 N–H and O–H groups in total. The molecular formula is C14H22ClN3O2. The summed E-state index contributed by atoms with van der Waals surface area (Å²) in [6.45, 7) is 1.70. The zero-order chi connectivity index (χ0) is 14.4. The minimum atomic E-state index is 0.0507. The van der Waals surface area contributed by atoms with Gasteiger partial charge in [0.25, 0.3) is 0 Å². The number of amides is 1. The molecule has 0 bridgehead atoms. The first-order chi connectivity index (χ1) is 9.70. The third kappa shape index (κ3) is 4.21. The Kier molecular flexibility index (Phi) is 5.86. The lowest BCUT2D eigenvalue weighted by molar-refractivity contribution is -0.118. The molecule has 2 rings (SSSR count). The number of nitrogens with zero attached hydrogens (tertiary/aromatic N) is 2. The summed E-state index contributed by atoms with van der Waals surface area (Å²) < 4.78 is 5.36. The van der Waals surface area contributed by atoms with E-state index in [1.807, 2.05) is 6.07 Å². The van der Waals surface area contributed by atoms with Crippen molar-refractivity contribution in [3.05, 3.63) is 11.8 Å². The monoisotopic (exact) mass is 299 g/mol. The lowest BCUT2D eigenvalue weighted by atomic mass is 9.95. The van der Waals surface area contributed by atoms with Crippen LogP contribution in [-0.4, -0.2) is 42.2 Å².